The summed E-state index contributed by atoms with van der Waals surface area (Å²) < 4.78 is 187. The molecule has 0 atom stereocenters. The number of carbonyl (C=O) groups is 1. The van der Waals surface area contributed by atoms with Crippen LogP contribution < -0.4 is 5.32 Å². The Kier molecular flexibility index (Phi) is 12.0. The molecule has 0 aliphatic rings. The lowest BCUT2D eigenvalue weighted by atomic mass is 9.91. The summed E-state index contributed by atoms with van der Waals surface area (Å²) in [5.41, 5.74) is 0. The maximum absolute atomic E-state index is 12.8. The Bertz CT molecular complexity index is 668. The maximum Gasteiger partial charge on any atom is 0.460 e. The van der Waals surface area contributed by atoms with Gasteiger partial charge in [-0.15, -0.1) is 25.6 Å². The van der Waals surface area contributed by atoms with Gasteiger partial charge in [-0.2, -0.15) is 65.9 Å². The lowest BCUT2D eigenvalue weighted by molar-refractivity contribution is -0.450. The summed E-state index contributed by atoms with van der Waals surface area (Å²) in [5.74, 6) is -52.8. The van der Waals surface area contributed by atoms with Gasteiger partial charge in [-0.1, -0.05) is 12.2 Å². The second kappa shape index (κ2) is 11.1. The Morgan fingerprint density at radius 1 is 0.636 bits per heavy atom. The van der Waals surface area contributed by atoms with E-state index in [-0.39, 0.29) is 12.4 Å². The van der Waals surface area contributed by atoms with E-state index in [1.807, 2.05) is 12.2 Å². The van der Waals surface area contributed by atoms with Gasteiger partial charge in [0.05, 0.1) is 0 Å². The molecule has 0 aromatic carbocycles. The van der Waals surface area contributed by atoms with Crippen LogP contribution in [0, 0.1) is 0 Å². The molecule has 0 unspecified atom stereocenters. The lowest BCUT2D eigenvalue weighted by Gasteiger charge is -2.40. The summed E-state index contributed by atoms with van der Waals surface area (Å²) in [7, 11) is 0. The summed E-state index contributed by atoms with van der Waals surface area (Å²) in [5, 5.41) is 10.6. The molecule has 0 aromatic heterocycles. The highest BCUT2D eigenvalue weighted by atomic mass is 35.5. The topological polar surface area (TPSA) is 49.3 Å². The molecule has 0 saturated heterocycles. The van der Waals surface area contributed by atoms with Crippen molar-refractivity contribution < 1.29 is 75.8 Å². The normalized spacial score (nSPS) is 13.9. The second-order valence-electron chi connectivity index (χ2n) is 5.48. The molecule has 3 nitrogen and oxygen atoms in total. The predicted octanol–water partition coefficient (Wildman–Crippen LogP) is 5.81. The van der Waals surface area contributed by atoms with Crippen LogP contribution in [-0.2, 0) is 4.79 Å². The molecule has 0 spiro atoms. The van der Waals surface area contributed by atoms with E-state index in [1.54, 1.807) is 0 Å². The van der Waals surface area contributed by atoms with Crippen LogP contribution in [0.25, 0.3) is 0 Å². The van der Waals surface area contributed by atoms with Crippen molar-refractivity contribution in [2.24, 2.45) is 0 Å². The fourth-order valence-corrected chi connectivity index (χ4v) is 1.39. The second-order valence-corrected chi connectivity index (χ2v) is 5.48. The molecular weight excluding hydrogens is 535 g/mol. The molecule has 0 heterocycles. The van der Waals surface area contributed by atoms with Crippen LogP contribution >= 0.6 is 12.4 Å². The molecule has 0 radical (unpaired) electrons. The van der Waals surface area contributed by atoms with Gasteiger partial charge in [-0.25, -0.2) is 4.79 Å². The first kappa shape index (κ1) is 35.7. The van der Waals surface area contributed by atoms with Gasteiger partial charge in [0.1, 0.15) is 0 Å². The zero-order chi connectivity index (χ0) is 26.6. The third-order valence-corrected chi connectivity index (χ3v) is 3.17. The first-order valence-corrected chi connectivity index (χ1v) is 7.35. The van der Waals surface area contributed by atoms with Gasteiger partial charge < -0.3 is 10.4 Å². The van der Waals surface area contributed by atoms with E-state index in [1.165, 1.54) is 0 Å². The molecule has 0 aliphatic carbocycles. The zero-order valence-electron chi connectivity index (χ0n) is 15.4. The first-order chi connectivity index (χ1) is 13.9. The van der Waals surface area contributed by atoms with Gasteiger partial charge in [-0.05, 0) is 0 Å². The van der Waals surface area contributed by atoms with Gasteiger partial charge in [0, 0.05) is 13.1 Å². The van der Waals surface area contributed by atoms with E-state index in [9.17, 15) is 70.7 Å². The van der Waals surface area contributed by atoms with Crippen LogP contribution in [0.15, 0.2) is 25.3 Å². The molecule has 0 fully saturated rings. The molecule has 33 heavy (non-hydrogen) atoms. The van der Waals surface area contributed by atoms with E-state index < -0.39 is 47.7 Å². The summed E-state index contributed by atoms with van der Waals surface area (Å²) >= 11 is 0. The molecule has 0 saturated carbocycles. The Labute approximate surface area is 180 Å². The molecule has 198 valence electrons. The summed E-state index contributed by atoms with van der Waals surface area (Å²) in [4.78, 5) is 9.72. The summed E-state index contributed by atoms with van der Waals surface area (Å²) in [6.45, 7) is 8.81. The lowest BCUT2D eigenvalue weighted by Crippen LogP contribution is -2.73. The molecule has 0 bridgehead atoms. The van der Waals surface area contributed by atoms with Gasteiger partial charge in [0.15, 0.2) is 0 Å². The number of hydrogen-bond acceptors (Lipinski definition) is 2. The van der Waals surface area contributed by atoms with Gasteiger partial charge in [0.25, 0.3) is 0 Å². The average molecular weight is 548 g/mol. The van der Waals surface area contributed by atoms with Crippen LogP contribution in [0.1, 0.15) is 0 Å². The quantitative estimate of drug-likeness (QED) is 0.206. The van der Waals surface area contributed by atoms with Crippen LogP contribution in [0.3, 0.4) is 0 Å². The summed E-state index contributed by atoms with van der Waals surface area (Å²) in [6, 6.07) is 0. The van der Waals surface area contributed by atoms with Crippen LogP contribution in [-0.4, -0.2) is 65.9 Å². The van der Waals surface area contributed by atoms with Crippen LogP contribution in [0.4, 0.5) is 65.9 Å². The number of carboxylic acids is 1. The van der Waals surface area contributed by atoms with Gasteiger partial charge in [0.2, 0.25) is 0 Å². The number of halogens is 16. The van der Waals surface area contributed by atoms with Crippen LogP contribution in [0.5, 0.6) is 0 Å². The highest BCUT2D eigenvalue weighted by Crippen LogP contribution is 2.62. The monoisotopic (exact) mass is 547 g/mol. The Morgan fingerprint density at radius 2 is 0.909 bits per heavy atom. The number of rotatable bonds is 10. The van der Waals surface area contributed by atoms with Crippen molar-refractivity contribution in [2.45, 2.75) is 41.7 Å². The van der Waals surface area contributed by atoms with Gasteiger partial charge >= 0.3 is 47.7 Å². The number of carboxylic acid groups (broad SMARTS) is 1. The molecule has 0 aromatic rings. The van der Waals surface area contributed by atoms with Crippen molar-refractivity contribution in [1.82, 2.24) is 5.32 Å². The standard InChI is InChI=1S/C8HF15O2.C6H11N.ClH/c9-2(10,1(24)25)3(11,12)4(13,14)5(15,16)6(17,18)7(19,20)8(21,22)23;1-3-5-7-6-4-2;/h(H,24,25);3-4,7H,1-2,5-6H2;1H. The predicted molar refractivity (Wildman–Crippen MR) is 83.9 cm³/mol. The van der Waals surface area contributed by atoms with Gasteiger partial charge in [-0.3, -0.25) is 0 Å². The average Bonchev–Trinajstić information content (AvgIpc) is 2.60. The molecule has 0 amide bonds. The van der Waals surface area contributed by atoms with Crippen molar-refractivity contribution in [2.75, 3.05) is 13.1 Å². The number of hydrogen-bond donors (Lipinski definition) is 2. The fourth-order valence-electron chi connectivity index (χ4n) is 1.39. The number of nitrogens with one attached hydrogen (secondary N) is 1. The number of aliphatic carboxylic acids is 1. The highest BCUT2D eigenvalue weighted by molar-refractivity contribution is 5.85. The minimum absolute atomic E-state index is 0. The van der Waals surface area contributed by atoms with Crippen LogP contribution in [0.2, 0.25) is 0 Å². The first-order valence-electron chi connectivity index (χ1n) is 7.35. The van der Waals surface area contributed by atoms with Crippen molar-refractivity contribution in [3.05, 3.63) is 25.3 Å². The zero-order valence-corrected chi connectivity index (χ0v) is 16.2. The van der Waals surface area contributed by atoms with Crippen molar-refractivity contribution in [3.8, 4) is 0 Å². The van der Waals surface area contributed by atoms with E-state index in [2.05, 4.69) is 18.5 Å². The molecule has 0 rings (SSSR count). The van der Waals surface area contributed by atoms with Crippen molar-refractivity contribution in [1.29, 1.82) is 0 Å². The molecule has 2 N–H and O–H groups in total. The Hall–Kier alpha value is -1.85. The van der Waals surface area contributed by atoms with E-state index in [4.69, 9.17) is 5.11 Å². The largest absolute Gasteiger partial charge is 0.477 e. The molecule has 0 aliphatic heterocycles. The highest BCUT2D eigenvalue weighted by Gasteiger charge is 2.94. The smallest absolute Gasteiger partial charge is 0.460 e. The third kappa shape index (κ3) is 6.19. The van der Waals surface area contributed by atoms with Crippen molar-refractivity contribution >= 4 is 18.4 Å². The van der Waals surface area contributed by atoms with E-state index >= 15 is 0 Å². The van der Waals surface area contributed by atoms with E-state index in [0.29, 0.717) is 0 Å². The Morgan fingerprint density at radius 3 is 1.15 bits per heavy atom. The minimum atomic E-state index is -8.47. The molecular formula is C14H13ClF15NO2. The molecule has 19 heteroatoms. The third-order valence-electron chi connectivity index (χ3n) is 3.17. The SMILES string of the molecule is C=CCNCC=C.Cl.O=C(O)C(F)(F)C(F)(F)C(F)(F)C(F)(F)C(F)(F)C(F)(F)C(F)(F)F. The summed E-state index contributed by atoms with van der Waals surface area (Å²) in [6.07, 6.45) is -4.05. The number of alkyl halides is 15. The fraction of sp³-hybridized carbons (Fsp3) is 0.643. The van der Waals surface area contributed by atoms with Crippen molar-refractivity contribution in [3.63, 3.8) is 0 Å². The minimum Gasteiger partial charge on any atom is -0.477 e. The van der Waals surface area contributed by atoms with E-state index in [0.717, 1.165) is 13.1 Å². The maximum atomic E-state index is 12.8. The Balaban J connectivity index is -0.000000969.